The van der Waals surface area contributed by atoms with Crippen molar-refractivity contribution in [2.75, 3.05) is 0 Å². The highest BCUT2D eigenvalue weighted by Crippen LogP contribution is 2.07. The van der Waals surface area contributed by atoms with Crippen molar-refractivity contribution in [1.29, 1.82) is 0 Å². The molecule has 0 fully saturated rings. The standard InChI is InChI=1S/C8H6N2O2/c11-7-2-1-5-6(3-8(7)12)10-4-9-5/h1-4H,(H,9,10)(H,11,12). The van der Waals surface area contributed by atoms with Gasteiger partial charge < -0.3 is 10.1 Å². The summed E-state index contributed by atoms with van der Waals surface area (Å²) in [6, 6.07) is 4.24. The van der Waals surface area contributed by atoms with Gasteiger partial charge in [-0.05, 0) is 12.1 Å². The fourth-order valence-corrected chi connectivity index (χ4v) is 1.01. The van der Waals surface area contributed by atoms with E-state index < -0.39 is 5.43 Å². The van der Waals surface area contributed by atoms with E-state index in [4.69, 9.17) is 5.11 Å². The van der Waals surface area contributed by atoms with Gasteiger partial charge in [0.15, 0.2) is 5.75 Å². The fraction of sp³-hybridized carbons (Fsp3) is 0. The number of imidazole rings is 1. The van der Waals surface area contributed by atoms with Crippen molar-refractivity contribution in [3.05, 3.63) is 34.7 Å². The van der Waals surface area contributed by atoms with E-state index in [-0.39, 0.29) is 5.75 Å². The van der Waals surface area contributed by atoms with Gasteiger partial charge in [-0.15, -0.1) is 0 Å². The van der Waals surface area contributed by atoms with Crippen LogP contribution in [0.1, 0.15) is 0 Å². The number of nitrogens with zero attached hydrogens (tertiary/aromatic N) is 1. The van der Waals surface area contributed by atoms with Gasteiger partial charge in [-0.25, -0.2) is 4.98 Å². The number of rotatable bonds is 0. The number of H-pyrrole nitrogens is 1. The first-order valence-electron chi connectivity index (χ1n) is 3.44. The SMILES string of the molecule is O=c1cc2[nH]cnc2ccc1O. The smallest absolute Gasteiger partial charge is 0.222 e. The molecule has 12 heavy (non-hydrogen) atoms. The average Bonchev–Trinajstić information content (AvgIpc) is 2.43. The van der Waals surface area contributed by atoms with Gasteiger partial charge in [0.1, 0.15) is 0 Å². The summed E-state index contributed by atoms with van der Waals surface area (Å²) >= 11 is 0. The highest BCUT2D eigenvalue weighted by atomic mass is 16.3. The zero-order valence-corrected chi connectivity index (χ0v) is 6.11. The third-order valence-corrected chi connectivity index (χ3v) is 1.63. The Morgan fingerprint density at radius 2 is 2.25 bits per heavy atom. The molecule has 1 heterocycles. The van der Waals surface area contributed by atoms with Crippen molar-refractivity contribution in [2.24, 2.45) is 0 Å². The maximum Gasteiger partial charge on any atom is 0.222 e. The van der Waals surface area contributed by atoms with Crippen LogP contribution in [0.3, 0.4) is 0 Å². The maximum atomic E-state index is 11.0. The molecule has 0 saturated heterocycles. The minimum absolute atomic E-state index is 0.263. The van der Waals surface area contributed by atoms with Crippen molar-refractivity contribution >= 4 is 11.0 Å². The normalized spacial score (nSPS) is 10.3. The summed E-state index contributed by atoms with van der Waals surface area (Å²) in [4.78, 5) is 17.8. The number of fused-ring (bicyclic) bond motifs is 1. The zero-order valence-electron chi connectivity index (χ0n) is 6.11. The Hall–Kier alpha value is -1.84. The lowest BCUT2D eigenvalue weighted by Gasteiger charge is -1.75. The van der Waals surface area contributed by atoms with Gasteiger partial charge >= 0.3 is 0 Å². The quantitative estimate of drug-likeness (QED) is 0.597. The molecule has 2 aromatic rings. The molecule has 4 heteroatoms. The number of nitrogens with one attached hydrogen (secondary N) is 1. The first-order valence-corrected chi connectivity index (χ1v) is 3.44. The molecule has 4 nitrogen and oxygen atoms in total. The first kappa shape index (κ1) is 6.84. The Morgan fingerprint density at radius 1 is 1.42 bits per heavy atom. The van der Waals surface area contributed by atoms with Crippen LogP contribution in [0.5, 0.6) is 5.75 Å². The minimum Gasteiger partial charge on any atom is -0.504 e. The van der Waals surface area contributed by atoms with Crippen LogP contribution < -0.4 is 5.43 Å². The number of hydrogen-bond donors (Lipinski definition) is 2. The number of hydrogen-bond acceptors (Lipinski definition) is 3. The molecule has 0 spiro atoms. The number of aromatic hydroxyl groups is 1. The molecule has 0 saturated carbocycles. The van der Waals surface area contributed by atoms with Crippen molar-refractivity contribution in [2.45, 2.75) is 0 Å². The van der Waals surface area contributed by atoms with Gasteiger partial charge in [-0.3, -0.25) is 4.79 Å². The topological polar surface area (TPSA) is 66.0 Å². The molecule has 0 bridgehead atoms. The zero-order chi connectivity index (χ0) is 8.55. The molecule has 1 aromatic heterocycles. The van der Waals surface area contributed by atoms with Gasteiger partial charge in [0, 0.05) is 6.07 Å². The van der Waals surface area contributed by atoms with E-state index in [9.17, 15) is 4.79 Å². The Bertz CT molecular complexity index is 476. The lowest BCUT2D eigenvalue weighted by Crippen LogP contribution is -1.92. The van der Waals surface area contributed by atoms with Crippen LogP contribution in [-0.2, 0) is 0 Å². The van der Waals surface area contributed by atoms with Crippen molar-refractivity contribution in [3.63, 3.8) is 0 Å². The molecular weight excluding hydrogens is 156 g/mol. The summed E-state index contributed by atoms with van der Waals surface area (Å²) in [5, 5.41) is 9.06. The number of aromatic nitrogens is 2. The summed E-state index contributed by atoms with van der Waals surface area (Å²) in [7, 11) is 0. The van der Waals surface area contributed by atoms with Crippen LogP contribution in [0.4, 0.5) is 0 Å². The second-order valence-corrected chi connectivity index (χ2v) is 2.43. The van der Waals surface area contributed by atoms with E-state index in [1.807, 2.05) is 0 Å². The van der Waals surface area contributed by atoms with E-state index in [1.54, 1.807) is 6.07 Å². The van der Waals surface area contributed by atoms with Crippen LogP contribution in [0, 0.1) is 0 Å². The van der Waals surface area contributed by atoms with Crippen LogP contribution >= 0.6 is 0 Å². The Balaban J connectivity index is 2.98. The van der Waals surface area contributed by atoms with Gasteiger partial charge in [-0.2, -0.15) is 0 Å². The largest absolute Gasteiger partial charge is 0.504 e. The van der Waals surface area contributed by atoms with Crippen molar-refractivity contribution in [3.8, 4) is 5.75 Å². The summed E-state index contributed by atoms with van der Waals surface area (Å²) < 4.78 is 0. The summed E-state index contributed by atoms with van der Waals surface area (Å²) in [5.41, 5.74) is 0.877. The van der Waals surface area contributed by atoms with Crippen molar-refractivity contribution in [1.82, 2.24) is 9.97 Å². The van der Waals surface area contributed by atoms with E-state index in [2.05, 4.69) is 9.97 Å². The Labute approximate surface area is 67.5 Å². The van der Waals surface area contributed by atoms with Crippen LogP contribution in [0.15, 0.2) is 29.3 Å². The third kappa shape index (κ3) is 0.934. The molecule has 60 valence electrons. The molecule has 1 aromatic carbocycles. The second kappa shape index (κ2) is 2.34. The molecule has 0 aliphatic carbocycles. The molecule has 0 radical (unpaired) electrons. The van der Waals surface area contributed by atoms with E-state index in [0.29, 0.717) is 11.0 Å². The van der Waals surface area contributed by atoms with Crippen LogP contribution in [0.25, 0.3) is 11.0 Å². The fourth-order valence-electron chi connectivity index (χ4n) is 1.01. The number of aromatic amines is 1. The average molecular weight is 162 g/mol. The van der Waals surface area contributed by atoms with Gasteiger partial charge in [0.2, 0.25) is 5.43 Å². The molecule has 0 amide bonds. The summed E-state index contributed by atoms with van der Waals surface area (Å²) in [5.74, 6) is -0.263. The molecule has 2 N–H and O–H groups in total. The molecule has 0 aliphatic heterocycles. The van der Waals surface area contributed by atoms with Crippen molar-refractivity contribution < 1.29 is 5.11 Å². The lowest BCUT2D eigenvalue weighted by atomic mass is 10.4. The molecular formula is C8H6N2O2. The summed E-state index contributed by atoms with van der Waals surface area (Å²) in [6.07, 6.45) is 1.50. The molecule has 0 atom stereocenters. The first-order chi connectivity index (χ1) is 5.77. The van der Waals surface area contributed by atoms with E-state index in [0.717, 1.165) is 0 Å². The predicted molar refractivity (Wildman–Crippen MR) is 44.0 cm³/mol. The van der Waals surface area contributed by atoms with Gasteiger partial charge in [-0.1, -0.05) is 0 Å². The molecule has 0 unspecified atom stereocenters. The molecule has 0 aliphatic rings. The Kier molecular flexibility index (Phi) is 1.33. The second-order valence-electron chi connectivity index (χ2n) is 2.43. The van der Waals surface area contributed by atoms with E-state index >= 15 is 0 Å². The van der Waals surface area contributed by atoms with Gasteiger partial charge in [0.05, 0.1) is 17.4 Å². The van der Waals surface area contributed by atoms with E-state index in [1.165, 1.54) is 18.5 Å². The minimum atomic E-state index is -0.408. The predicted octanol–water partition coefficient (Wildman–Crippen LogP) is 0.629. The maximum absolute atomic E-state index is 11.0. The monoisotopic (exact) mass is 162 g/mol. The summed E-state index contributed by atoms with van der Waals surface area (Å²) in [6.45, 7) is 0. The lowest BCUT2D eigenvalue weighted by molar-refractivity contribution is 0.471. The molecule has 2 rings (SSSR count). The van der Waals surface area contributed by atoms with Gasteiger partial charge in [0.25, 0.3) is 0 Å². The third-order valence-electron chi connectivity index (χ3n) is 1.63. The van der Waals surface area contributed by atoms with Crippen LogP contribution in [0.2, 0.25) is 0 Å². The Morgan fingerprint density at radius 3 is 3.08 bits per heavy atom. The highest BCUT2D eigenvalue weighted by Gasteiger charge is 1.96. The van der Waals surface area contributed by atoms with Crippen LogP contribution in [-0.4, -0.2) is 15.1 Å². The highest BCUT2D eigenvalue weighted by molar-refractivity contribution is 5.73.